The van der Waals surface area contributed by atoms with Crippen LogP contribution in [0.25, 0.3) is 44.5 Å². The minimum absolute atomic E-state index is 0.353. The molecule has 0 aliphatic heterocycles. The molecule has 6 rings (SSSR count). The summed E-state index contributed by atoms with van der Waals surface area (Å²) in [6.07, 6.45) is 5.06. The molecule has 0 unspecified atom stereocenters. The van der Waals surface area contributed by atoms with Crippen molar-refractivity contribution in [3.8, 4) is 22.5 Å². The molecule has 0 aliphatic carbocycles. The van der Waals surface area contributed by atoms with Gasteiger partial charge < -0.3 is 5.73 Å². The first-order valence-corrected chi connectivity index (χ1v) is 11.5. The van der Waals surface area contributed by atoms with Gasteiger partial charge in [0.1, 0.15) is 17.8 Å². The molecular formula is C25H18Cl2N8. The van der Waals surface area contributed by atoms with E-state index in [2.05, 4.69) is 15.1 Å². The molecule has 0 saturated carbocycles. The molecule has 35 heavy (non-hydrogen) atoms. The van der Waals surface area contributed by atoms with E-state index in [-0.39, 0.29) is 0 Å². The first kappa shape index (κ1) is 21.5. The molecule has 2 N–H and O–H groups in total. The number of nitrogens with two attached hydrogens (primary N) is 1. The minimum Gasteiger partial charge on any atom is -0.383 e. The highest BCUT2D eigenvalue weighted by Gasteiger charge is 2.20. The number of benzene rings is 2. The molecule has 0 fully saturated rings. The zero-order valence-electron chi connectivity index (χ0n) is 18.5. The van der Waals surface area contributed by atoms with Crippen LogP contribution in [0.5, 0.6) is 0 Å². The topological polar surface area (TPSA) is 100 Å². The number of pyridine rings is 1. The van der Waals surface area contributed by atoms with Crippen LogP contribution >= 0.6 is 23.2 Å². The number of hydrogen-bond donors (Lipinski definition) is 1. The fraction of sp³-hybridized carbons (Fsp3) is 0.0800. The summed E-state index contributed by atoms with van der Waals surface area (Å²) >= 11 is 13.1. The van der Waals surface area contributed by atoms with Gasteiger partial charge >= 0.3 is 0 Å². The highest BCUT2D eigenvalue weighted by atomic mass is 35.5. The van der Waals surface area contributed by atoms with Crippen LogP contribution in [0.2, 0.25) is 10.0 Å². The number of aromatic nitrogens is 7. The molecule has 10 heteroatoms. The van der Waals surface area contributed by atoms with Gasteiger partial charge in [-0.3, -0.25) is 4.68 Å². The molecule has 0 aliphatic rings. The van der Waals surface area contributed by atoms with E-state index >= 15 is 0 Å². The largest absolute Gasteiger partial charge is 0.383 e. The third kappa shape index (κ3) is 3.67. The van der Waals surface area contributed by atoms with Crippen molar-refractivity contribution in [3.05, 3.63) is 82.9 Å². The van der Waals surface area contributed by atoms with E-state index in [1.807, 2.05) is 61.8 Å². The third-order valence-electron chi connectivity index (χ3n) is 5.87. The molecule has 0 bridgehead atoms. The number of hydrogen-bond acceptors (Lipinski definition) is 6. The Morgan fingerprint density at radius 1 is 0.971 bits per heavy atom. The van der Waals surface area contributed by atoms with Crippen LogP contribution in [-0.4, -0.2) is 34.5 Å². The fourth-order valence-electron chi connectivity index (χ4n) is 4.26. The number of anilines is 1. The average molecular weight is 501 g/mol. The van der Waals surface area contributed by atoms with Gasteiger partial charge in [0.25, 0.3) is 0 Å². The van der Waals surface area contributed by atoms with Crippen LogP contribution in [0.3, 0.4) is 0 Å². The van der Waals surface area contributed by atoms with Gasteiger partial charge in [0.15, 0.2) is 5.65 Å². The summed E-state index contributed by atoms with van der Waals surface area (Å²) in [5.74, 6) is 0.353. The van der Waals surface area contributed by atoms with E-state index in [4.69, 9.17) is 39.0 Å². The monoisotopic (exact) mass is 500 g/mol. The summed E-state index contributed by atoms with van der Waals surface area (Å²) in [4.78, 5) is 13.6. The van der Waals surface area contributed by atoms with E-state index in [0.717, 1.165) is 33.3 Å². The summed E-state index contributed by atoms with van der Waals surface area (Å²) < 4.78 is 3.51. The van der Waals surface area contributed by atoms with Crippen LogP contribution in [0, 0.1) is 0 Å². The second-order valence-corrected chi connectivity index (χ2v) is 8.96. The average Bonchev–Trinajstić information content (AvgIpc) is 3.44. The summed E-state index contributed by atoms with van der Waals surface area (Å²) in [6.45, 7) is 0.363. The molecule has 172 valence electrons. The molecule has 2 aromatic carbocycles. The van der Waals surface area contributed by atoms with Gasteiger partial charge in [-0.2, -0.15) is 10.2 Å². The maximum atomic E-state index is 6.58. The minimum atomic E-state index is 0.353. The zero-order chi connectivity index (χ0) is 24.1. The molecule has 6 aromatic rings. The predicted octanol–water partition coefficient (Wildman–Crippen LogP) is 5.38. The molecule has 8 nitrogen and oxygen atoms in total. The molecular weight excluding hydrogens is 483 g/mol. The van der Waals surface area contributed by atoms with Gasteiger partial charge in [0.05, 0.1) is 29.3 Å². The second kappa shape index (κ2) is 8.33. The molecule has 4 heterocycles. The Labute approximate surface area is 210 Å². The summed E-state index contributed by atoms with van der Waals surface area (Å²) in [5, 5.41) is 11.9. The Bertz CT molecular complexity index is 1740. The number of halogens is 2. The quantitative estimate of drug-likeness (QED) is 0.348. The van der Waals surface area contributed by atoms with Crippen LogP contribution in [0.4, 0.5) is 5.82 Å². The van der Waals surface area contributed by atoms with E-state index in [0.29, 0.717) is 39.1 Å². The Morgan fingerprint density at radius 2 is 1.80 bits per heavy atom. The Hall–Kier alpha value is -4.01. The number of nitrogens with zero attached hydrogens (tertiary/aromatic N) is 7. The van der Waals surface area contributed by atoms with Crippen molar-refractivity contribution in [2.75, 3.05) is 5.73 Å². The normalized spacial score (nSPS) is 11.5. The SMILES string of the molecule is Cn1cc(-c2nn(Cc3cc4c(Cl)cccc4nc3-c3ccccc3Cl)c3ncnc(N)c23)cn1. The van der Waals surface area contributed by atoms with E-state index < -0.39 is 0 Å². The smallest absolute Gasteiger partial charge is 0.164 e. The Kier molecular flexibility index (Phi) is 5.12. The number of aryl methyl sites for hydroxylation is 1. The number of nitrogen functional groups attached to an aromatic ring is 1. The summed E-state index contributed by atoms with van der Waals surface area (Å²) in [6, 6.07) is 15.3. The zero-order valence-corrected chi connectivity index (χ0v) is 20.0. The second-order valence-electron chi connectivity index (χ2n) is 8.15. The Morgan fingerprint density at radius 3 is 2.60 bits per heavy atom. The maximum Gasteiger partial charge on any atom is 0.164 e. The van der Waals surface area contributed by atoms with Gasteiger partial charge in [0.2, 0.25) is 0 Å². The molecule has 0 amide bonds. The summed E-state index contributed by atoms with van der Waals surface area (Å²) in [7, 11) is 1.85. The van der Waals surface area contributed by atoms with Gasteiger partial charge in [0, 0.05) is 45.4 Å². The molecule has 0 atom stereocenters. The fourth-order valence-corrected chi connectivity index (χ4v) is 4.70. The first-order valence-electron chi connectivity index (χ1n) is 10.8. The first-order chi connectivity index (χ1) is 17.0. The lowest BCUT2D eigenvalue weighted by atomic mass is 10.0. The van der Waals surface area contributed by atoms with Crippen molar-refractivity contribution in [1.29, 1.82) is 0 Å². The predicted molar refractivity (Wildman–Crippen MR) is 138 cm³/mol. The van der Waals surface area contributed by atoms with Crippen molar-refractivity contribution >= 4 is 51.0 Å². The van der Waals surface area contributed by atoms with Crippen LogP contribution in [0.1, 0.15) is 5.56 Å². The van der Waals surface area contributed by atoms with Crippen molar-refractivity contribution < 1.29 is 0 Å². The number of rotatable bonds is 4. The lowest BCUT2D eigenvalue weighted by Gasteiger charge is -2.13. The molecule has 0 spiro atoms. The van der Waals surface area contributed by atoms with Crippen molar-refractivity contribution in [2.45, 2.75) is 6.54 Å². The van der Waals surface area contributed by atoms with Crippen molar-refractivity contribution in [2.24, 2.45) is 7.05 Å². The van der Waals surface area contributed by atoms with E-state index in [1.165, 1.54) is 6.33 Å². The highest BCUT2D eigenvalue weighted by molar-refractivity contribution is 6.35. The number of fused-ring (bicyclic) bond motifs is 2. The van der Waals surface area contributed by atoms with E-state index in [1.54, 1.807) is 15.6 Å². The Balaban J connectivity index is 1.59. The van der Waals surface area contributed by atoms with Crippen LogP contribution in [-0.2, 0) is 13.6 Å². The van der Waals surface area contributed by atoms with Crippen molar-refractivity contribution in [1.82, 2.24) is 34.5 Å². The summed E-state index contributed by atoms with van der Waals surface area (Å²) in [5.41, 5.74) is 11.6. The van der Waals surface area contributed by atoms with Gasteiger partial charge in [-0.25, -0.2) is 19.6 Å². The maximum absolute atomic E-state index is 6.58. The lowest BCUT2D eigenvalue weighted by molar-refractivity contribution is 0.706. The van der Waals surface area contributed by atoms with Crippen LogP contribution < -0.4 is 5.73 Å². The van der Waals surface area contributed by atoms with Crippen LogP contribution in [0.15, 0.2) is 67.3 Å². The van der Waals surface area contributed by atoms with Crippen molar-refractivity contribution in [3.63, 3.8) is 0 Å². The molecule has 0 radical (unpaired) electrons. The molecule has 4 aromatic heterocycles. The third-order valence-corrected chi connectivity index (χ3v) is 6.53. The van der Waals surface area contributed by atoms with E-state index in [9.17, 15) is 0 Å². The standard InChI is InChI=1S/C25H18Cl2N8/c1-34-11-15(10-31-34)23-21-24(28)29-13-30-25(21)35(33-23)12-14-9-17-19(27)7-4-8-20(17)32-22(14)16-5-2-3-6-18(16)26/h2-11,13H,12H2,1H3,(H2,28,29,30). The van der Waals surface area contributed by atoms with Gasteiger partial charge in [-0.05, 0) is 24.3 Å². The van der Waals surface area contributed by atoms with Gasteiger partial charge in [-0.1, -0.05) is 47.5 Å². The highest BCUT2D eigenvalue weighted by Crippen LogP contribution is 2.35. The lowest BCUT2D eigenvalue weighted by Crippen LogP contribution is -2.06. The van der Waals surface area contributed by atoms with Gasteiger partial charge in [-0.15, -0.1) is 0 Å². The molecule has 0 saturated heterocycles.